The minimum Gasteiger partial charge on any atom is -1.00 e. The molecule has 0 aromatic heterocycles. The zero-order chi connectivity index (χ0) is 11.4. The molecule has 0 bridgehead atoms. The molecule has 0 aliphatic rings. The van der Waals surface area contributed by atoms with Crippen LogP contribution in [0, 0.1) is 11.3 Å². The van der Waals surface area contributed by atoms with Crippen molar-refractivity contribution in [1.82, 2.24) is 0 Å². The number of nitrogens with zero attached hydrogens (tertiary/aromatic N) is 1. The van der Waals surface area contributed by atoms with Crippen molar-refractivity contribution in [2.45, 2.75) is 14.7 Å². The fourth-order valence-corrected chi connectivity index (χ4v) is 2.46. The Morgan fingerprint density at radius 2 is 1.82 bits per heavy atom. The fourth-order valence-electron chi connectivity index (χ4n) is 1.28. The van der Waals surface area contributed by atoms with Crippen LogP contribution in [0.1, 0.15) is 6.99 Å². The van der Waals surface area contributed by atoms with E-state index in [0.29, 0.717) is 5.56 Å². The second-order valence-electron chi connectivity index (χ2n) is 3.21. The van der Waals surface area contributed by atoms with Crippen molar-refractivity contribution in [1.29, 1.82) is 5.26 Å². The van der Waals surface area contributed by atoms with E-state index in [1.54, 1.807) is 17.8 Å². The van der Waals surface area contributed by atoms with Gasteiger partial charge >= 0.3 is 29.6 Å². The first-order chi connectivity index (χ1) is 7.79. The first kappa shape index (κ1) is 14.7. The predicted molar refractivity (Wildman–Crippen MR) is 70.1 cm³/mol. The fraction of sp³-hybridized carbons (Fsp3) is 0. The summed E-state index contributed by atoms with van der Waals surface area (Å²) in [4.78, 5) is 3.05. The van der Waals surface area contributed by atoms with Crippen LogP contribution in [0.3, 0.4) is 0 Å². The van der Waals surface area contributed by atoms with Gasteiger partial charge in [0.1, 0.15) is 0 Å². The van der Waals surface area contributed by atoms with Crippen molar-refractivity contribution in [2.75, 3.05) is 0 Å². The summed E-state index contributed by atoms with van der Waals surface area (Å²) in [7, 11) is 0. The van der Waals surface area contributed by atoms with Gasteiger partial charge in [0, 0.05) is 14.7 Å². The van der Waals surface area contributed by atoms with Crippen LogP contribution in [-0.2, 0) is 0 Å². The van der Waals surface area contributed by atoms with Crippen LogP contribution in [0.2, 0.25) is 0 Å². The molecule has 17 heavy (non-hydrogen) atoms. The third kappa shape index (κ3) is 4.09. The molecule has 1 nitrogen and oxygen atoms in total. The third-order valence-corrected chi connectivity index (χ3v) is 3.67. The minimum absolute atomic E-state index is 0. The summed E-state index contributed by atoms with van der Waals surface area (Å²) in [6, 6.07) is 17.7. The van der Waals surface area contributed by atoms with Crippen molar-refractivity contribution < 1.29 is 31.0 Å². The Bertz CT molecular complexity index is 540. The van der Waals surface area contributed by atoms with E-state index in [9.17, 15) is 0 Å². The standard InChI is InChI=1S/C13H9NS2.Na.H/c14-9-10-6-7-12(15)13(8-10)16-11-4-2-1-3-5-11;;/h1-8,15H;;/q;+1;-1. The van der Waals surface area contributed by atoms with E-state index in [1.165, 1.54) is 0 Å². The summed E-state index contributed by atoms with van der Waals surface area (Å²) in [5.41, 5.74) is 0.663. The van der Waals surface area contributed by atoms with Crippen molar-refractivity contribution in [3.63, 3.8) is 0 Å². The van der Waals surface area contributed by atoms with Gasteiger partial charge in [-0.3, -0.25) is 0 Å². The minimum atomic E-state index is 0. The molecule has 0 fully saturated rings. The average molecular weight is 267 g/mol. The van der Waals surface area contributed by atoms with Crippen LogP contribution in [0.4, 0.5) is 0 Å². The Hall–Kier alpha value is -0.370. The van der Waals surface area contributed by atoms with E-state index in [1.807, 2.05) is 42.5 Å². The second kappa shape index (κ2) is 7.15. The first-order valence-corrected chi connectivity index (χ1v) is 6.02. The number of hydrogen-bond acceptors (Lipinski definition) is 3. The summed E-state index contributed by atoms with van der Waals surface area (Å²) in [6.45, 7) is 0. The third-order valence-electron chi connectivity index (χ3n) is 2.06. The van der Waals surface area contributed by atoms with Crippen molar-refractivity contribution in [2.24, 2.45) is 0 Å². The number of nitriles is 1. The van der Waals surface area contributed by atoms with Gasteiger partial charge in [-0.1, -0.05) is 30.0 Å². The SMILES string of the molecule is N#Cc1ccc(S)c(Sc2ccccc2)c1.[H-].[Na+]. The average Bonchev–Trinajstić information content (AvgIpc) is 2.33. The van der Waals surface area contributed by atoms with Crippen molar-refractivity contribution in [3.8, 4) is 6.07 Å². The molecule has 80 valence electrons. The van der Waals surface area contributed by atoms with Crippen LogP contribution < -0.4 is 29.6 Å². The monoisotopic (exact) mass is 267 g/mol. The Kier molecular flexibility index (Phi) is 6.18. The van der Waals surface area contributed by atoms with Crippen LogP contribution >= 0.6 is 24.4 Å². The Balaban J connectivity index is 0.00000144. The molecule has 2 aromatic rings. The van der Waals surface area contributed by atoms with E-state index >= 15 is 0 Å². The van der Waals surface area contributed by atoms with Gasteiger partial charge in [-0.15, -0.1) is 12.6 Å². The first-order valence-electron chi connectivity index (χ1n) is 4.75. The quantitative estimate of drug-likeness (QED) is 0.651. The molecular weight excluding hydrogens is 257 g/mol. The van der Waals surface area contributed by atoms with Gasteiger partial charge in [0.2, 0.25) is 0 Å². The van der Waals surface area contributed by atoms with E-state index in [4.69, 9.17) is 5.26 Å². The molecular formula is C13H10NNaS2. The largest absolute Gasteiger partial charge is 1.00 e. The molecule has 0 aliphatic carbocycles. The van der Waals surface area contributed by atoms with Crippen molar-refractivity contribution >= 4 is 24.4 Å². The zero-order valence-corrected chi connectivity index (χ0v) is 13.1. The summed E-state index contributed by atoms with van der Waals surface area (Å²) in [5.74, 6) is 0. The maximum absolute atomic E-state index is 8.83. The maximum atomic E-state index is 8.83. The van der Waals surface area contributed by atoms with Crippen LogP contribution in [-0.4, -0.2) is 0 Å². The summed E-state index contributed by atoms with van der Waals surface area (Å²) >= 11 is 6.00. The Morgan fingerprint density at radius 1 is 1.12 bits per heavy atom. The molecule has 0 unspecified atom stereocenters. The molecule has 2 rings (SSSR count). The summed E-state index contributed by atoms with van der Waals surface area (Å²) in [6.07, 6.45) is 0. The number of rotatable bonds is 2. The summed E-state index contributed by atoms with van der Waals surface area (Å²) < 4.78 is 0. The molecule has 0 saturated heterocycles. The molecule has 2 aromatic carbocycles. The van der Waals surface area contributed by atoms with Gasteiger partial charge < -0.3 is 1.43 Å². The molecule has 4 heteroatoms. The van der Waals surface area contributed by atoms with E-state index in [-0.39, 0.29) is 31.0 Å². The van der Waals surface area contributed by atoms with Crippen LogP contribution in [0.15, 0.2) is 63.2 Å². The predicted octanol–water partition coefficient (Wildman–Crippen LogP) is 1.11. The van der Waals surface area contributed by atoms with E-state index < -0.39 is 0 Å². The molecule has 0 N–H and O–H groups in total. The molecule has 0 aliphatic heterocycles. The van der Waals surface area contributed by atoms with Gasteiger partial charge in [-0.25, -0.2) is 0 Å². The van der Waals surface area contributed by atoms with Gasteiger partial charge in [0.05, 0.1) is 11.6 Å². The number of thiol groups is 1. The normalized spacial score (nSPS) is 9.18. The zero-order valence-electron chi connectivity index (χ0n) is 10.4. The van der Waals surface area contributed by atoms with Crippen LogP contribution in [0.5, 0.6) is 0 Å². The van der Waals surface area contributed by atoms with Gasteiger partial charge in [-0.2, -0.15) is 5.26 Å². The number of hydrogen-bond donors (Lipinski definition) is 1. The van der Waals surface area contributed by atoms with E-state index in [2.05, 4.69) is 18.7 Å². The number of benzene rings is 2. The Labute approximate surface area is 134 Å². The Morgan fingerprint density at radius 3 is 2.47 bits per heavy atom. The molecule has 0 amide bonds. The maximum Gasteiger partial charge on any atom is 1.00 e. The summed E-state index contributed by atoms with van der Waals surface area (Å²) in [5, 5.41) is 8.83. The molecule has 0 radical (unpaired) electrons. The molecule has 0 atom stereocenters. The molecule has 0 heterocycles. The molecule has 0 saturated carbocycles. The van der Waals surface area contributed by atoms with Crippen molar-refractivity contribution in [3.05, 3.63) is 54.1 Å². The second-order valence-corrected chi connectivity index (χ2v) is 4.81. The smallest absolute Gasteiger partial charge is 1.00 e. The topological polar surface area (TPSA) is 23.8 Å². The van der Waals surface area contributed by atoms with Gasteiger partial charge in [-0.05, 0) is 30.3 Å². The van der Waals surface area contributed by atoms with Gasteiger partial charge in [0.25, 0.3) is 0 Å². The van der Waals surface area contributed by atoms with Gasteiger partial charge in [0.15, 0.2) is 0 Å². The molecule has 0 spiro atoms. The van der Waals surface area contributed by atoms with Crippen LogP contribution in [0.25, 0.3) is 0 Å². The van der Waals surface area contributed by atoms with E-state index in [0.717, 1.165) is 14.7 Å².